The van der Waals surface area contributed by atoms with Gasteiger partial charge in [0.2, 0.25) is 5.91 Å². The first-order chi connectivity index (χ1) is 20.5. The second-order valence-corrected chi connectivity index (χ2v) is 13.8. The average Bonchev–Trinajstić information content (AvgIpc) is 3.64. The van der Waals surface area contributed by atoms with Crippen LogP contribution in [0.1, 0.15) is 72.1 Å². The molecule has 2 heterocycles. The van der Waals surface area contributed by atoms with Crippen molar-refractivity contribution in [2.45, 2.75) is 82.2 Å². The molecule has 3 aliphatic rings. The Balaban J connectivity index is 1.38. The van der Waals surface area contributed by atoms with Gasteiger partial charge in [-0.2, -0.15) is 31.4 Å². The molecule has 2 aromatic rings. The summed E-state index contributed by atoms with van der Waals surface area (Å²) in [5, 5.41) is 10.0. The van der Waals surface area contributed by atoms with E-state index in [9.17, 15) is 44.3 Å². The number of benzene rings is 1. The number of alkyl halides is 6. The van der Waals surface area contributed by atoms with Gasteiger partial charge in [-0.15, -0.1) is 0 Å². The van der Waals surface area contributed by atoms with Crippen LogP contribution >= 0.6 is 0 Å². The minimum atomic E-state index is -5.01. The van der Waals surface area contributed by atoms with Crippen LogP contribution in [0, 0.1) is 5.92 Å². The Morgan fingerprint density at radius 1 is 1.16 bits per heavy atom. The molecular formula is C28H32F6N4O5S. The number of ether oxygens (including phenoxy) is 1. The molecule has 0 unspecified atom stereocenters. The van der Waals surface area contributed by atoms with Gasteiger partial charge in [0.15, 0.2) is 9.84 Å². The number of sulfone groups is 1. The van der Waals surface area contributed by atoms with Gasteiger partial charge in [-0.05, 0) is 61.3 Å². The van der Waals surface area contributed by atoms with Crippen LogP contribution in [0.2, 0.25) is 0 Å². The number of carbonyl (C=O) groups excluding carboxylic acids is 2. The molecule has 0 radical (unpaired) electrons. The van der Waals surface area contributed by atoms with E-state index in [1.54, 1.807) is 18.2 Å². The number of halogens is 6. The number of hydrogen-bond donors (Lipinski definition) is 2. The van der Waals surface area contributed by atoms with E-state index in [0.717, 1.165) is 24.0 Å². The summed E-state index contributed by atoms with van der Waals surface area (Å²) < 4.78 is 106. The third-order valence-corrected chi connectivity index (χ3v) is 9.50. The second-order valence-electron chi connectivity index (χ2n) is 11.8. The Kier molecular flexibility index (Phi) is 8.68. The fourth-order valence-corrected chi connectivity index (χ4v) is 7.05. The number of nitrogens with one attached hydrogen (secondary N) is 2. The van der Waals surface area contributed by atoms with Crippen molar-refractivity contribution in [2.75, 3.05) is 23.4 Å². The number of aromatic nitrogens is 2. The van der Waals surface area contributed by atoms with Crippen LogP contribution in [0.15, 0.2) is 18.2 Å². The fourth-order valence-electron chi connectivity index (χ4n) is 5.98. The molecule has 5 rings (SSSR count). The van der Waals surface area contributed by atoms with Crippen molar-refractivity contribution in [3.8, 4) is 5.75 Å². The van der Waals surface area contributed by atoms with E-state index >= 15 is 0 Å². The Morgan fingerprint density at radius 3 is 2.59 bits per heavy atom. The highest BCUT2D eigenvalue weighted by atomic mass is 32.2. The molecule has 1 aromatic carbocycles. The van der Waals surface area contributed by atoms with Crippen molar-refractivity contribution in [1.29, 1.82) is 0 Å². The summed E-state index contributed by atoms with van der Waals surface area (Å²) in [4.78, 5) is 26.3. The monoisotopic (exact) mass is 650 g/mol. The van der Waals surface area contributed by atoms with Crippen LogP contribution in [-0.4, -0.2) is 60.5 Å². The third-order valence-electron chi connectivity index (χ3n) is 8.03. The maximum atomic E-state index is 13.6. The molecule has 1 saturated carbocycles. The van der Waals surface area contributed by atoms with Crippen LogP contribution in [0.3, 0.4) is 0 Å². The van der Waals surface area contributed by atoms with E-state index in [2.05, 4.69) is 15.7 Å². The predicted molar refractivity (Wildman–Crippen MR) is 146 cm³/mol. The number of hydrogen-bond acceptors (Lipinski definition) is 6. The van der Waals surface area contributed by atoms with Crippen molar-refractivity contribution < 1.29 is 49.1 Å². The molecule has 1 atom stereocenters. The van der Waals surface area contributed by atoms with Crippen LogP contribution in [0.4, 0.5) is 32.2 Å². The number of anilines is 1. The van der Waals surface area contributed by atoms with E-state index in [1.165, 1.54) is 4.68 Å². The second kappa shape index (κ2) is 11.9. The standard InChI is InChI=1S/C28H32F6N4O5S/c29-27(30,31)10-2-12-43-19-6-7-20-18(13-19)3-1-9-26(20)14-21-23(25(40)36-26)24(38(37-21)11-8-17-4-5-17)35-22(39)15-44(41,42)16-28(32,33)34/h6-7,13,17H,1-5,8-12,14-16H2,(H,35,39)(H,36,40)/t26-/m0/s1. The van der Waals surface area contributed by atoms with E-state index < -0.39 is 57.5 Å². The topological polar surface area (TPSA) is 119 Å². The van der Waals surface area contributed by atoms with Crippen molar-refractivity contribution in [1.82, 2.24) is 15.1 Å². The molecule has 9 nitrogen and oxygen atoms in total. The largest absolute Gasteiger partial charge is 0.494 e. The van der Waals surface area contributed by atoms with E-state index in [0.29, 0.717) is 49.6 Å². The Bertz CT molecular complexity index is 1530. The molecule has 1 aliphatic heterocycles. The highest BCUT2D eigenvalue weighted by Gasteiger charge is 2.45. The lowest BCUT2D eigenvalue weighted by Crippen LogP contribution is -2.52. The summed E-state index contributed by atoms with van der Waals surface area (Å²) in [6.07, 6.45) is -5.53. The first-order valence-electron chi connectivity index (χ1n) is 14.3. The summed E-state index contributed by atoms with van der Waals surface area (Å²) in [7, 11) is -4.81. The van der Waals surface area contributed by atoms with E-state index in [-0.39, 0.29) is 30.8 Å². The van der Waals surface area contributed by atoms with Crippen LogP contribution < -0.4 is 15.4 Å². The zero-order valence-electron chi connectivity index (χ0n) is 23.6. The number of rotatable bonds is 11. The Morgan fingerprint density at radius 2 is 1.91 bits per heavy atom. The van der Waals surface area contributed by atoms with Gasteiger partial charge in [-0.25, -0.2) is 13.1 Å². The summed E-state index contributed by atoms with van der Waals surface area (Å²) in [5.74, 6) is -4.52. The first-order valence-corrected chi connectivity index (χ1v) is 16.2. The molecule has 1 spiro atoms. The number of aryl methyl sites for hydroxylation is 2. The van der Waals surface area contributed by atoms with Crippen molar-refractivity contribution >= 4 is 27.5 Å². The number of nitrogens with zero attached hydrogens (tertiary/aromatic N) is 2. The SMILES string of the molecule is O=C(CS(=O)(=O)CC(F)(F)F)Nc1c2c(nn1CCC1CC1)C[C@]1(CCCc3cc(OCCCC(F)(F)F)ccc31)NC2=O. The summed E-state index contributed by atoms with van der Waals surface area (Å²) in [6.45, 7) is 0.211. The van der Waals surface area contributed by atoms with Gasteiger partial charge >= 0.3 is 12.4 Å². The zero-order chi connectivity index (χ0) is 31.9. The molecule has 0 bridgehead atoms. The minimum Gasteiger partial charge on any atom is -0.494 e. The van der Waals surface area contributed by atoms with Gasteiger partial charge in [-0.1, -0.05) is 18.9 Å². The molecule has 2 aliphatic carbocycles. The van der Waals surface area contributed by atoms with E-state index in [4.69, 9.17) is 4.74 Å². The van der Waals surface area contributed by atoms with Gasteiger partial charge in [0, 0.05) is 19.4 Å². The summed E-state index contributed by atoms with van der Waals surface area (Å²) in [6, 6.07) is 5.17. The lowest BCUT2D eigenvalue weighted by molar-refractivity contribution is -0.136. The fraction of sp³-hybridized carbons (Fsp3) is 0.607. The van der Waals surface area contributed by atoms with Gasteiger partial charge in [0.1, 0.15) is 28.6 Å². The van der Waals surface area contributed by atoms with Crippen LogP contribution in [-0.2, 0) is 39.6 Å². The van der Waals surface area contributed by atoms with Gasteiger partial charge < -0.3 is 15.4 Å². The van der Waals surface area contributed by atoms with Gasteiger partial charge in [0.05, 0.1) is 17.8 Å². The average molecular weight is 651 g/mol. The zero-order valence-corrected chi connectivity index (χ0v) is 24.4. The highest BCUT2D eigenvalue weighted by Crippen LogP contribution is 2.43. The molecule has 2 amide bonds. The summed E-state index contributed by atoms with van der Waals surface area (Å²) in [5.41, 5.74) is 1.20. The maximum Gasteiger partial charge on any atom is 0.402 e. The highest BCUT2D eigenvalue weighted by molar-refractivity contribution is 7.92. The third kappa shape index (κ3) is 7.85. The van der Waals surface area contributed by atoms with Crippen molar-refractivity contribution in [3.05, 3.63) is 40.6 Å². The minimum absolute atomic E-state index is 0.0322. The smallest absolute Gasteiger partial charge is 0.402 e. The molecular weight excluding hydrogens is 618 g/mol. The lowest BCUT2D eigenvalue weighted by atomic mass is 9.72. The molecule has 44 heavy (non-hydrogen) atoms. The number of fused-ring (bicyclic) bond motifs is 3. The molecule has 1 fully saturated rings. The molecule has 0 saturated heterocycles. The summed E-state index contributed by atoms with van der Waals surface area (Å²) >= 11 is 0. The predicted octanol–water partition coefficient (Wildman–Crippen LogP) is 4.84. The number of carbonyl (C=O) groups is 2. The molecule has 1 aromatic heterocycles. The first kappa shape index (κ1) is 32.1. The van der Waals surface area contributed by atoms with Gasteiger partial charge in [-0.3, -0.25) is 9.59 Å². The maximum absolute atomic E-state index is 13.6. The molecule has 16 heteroatoms. The quantitative estimate of drug-likeness (QED) is 0.266. The Labute approximate surface area is 249 Å². The van der Waals surface area contributed by atoms with Crippen molar-refractivity contribution in [3.63, 3.8) is 0 Å². The van der Waals surface area contributed by atoms with E-state index in [1.807, 2.05) is 0 Å². The Hall–Kier alpha value is -3.30. The molecule has 242 valence electrons. The molecule has 2 N–H and O–H groups in total. The number of amides is 2. The normalized spacial score (nSPS) is 20.2. The van der Waals surface area contributed by atoms with Gasteiger partial charge in [0.25, 0.3) is 5.91 Å². The van der Waals surface area contributed by atoms with Crippen molar-refractivity contribution in [2.24, 2.45) is 5.92 Å². The lowest BCUT2D eigenvalue weighted by Gasteiger charge is -2.42. The van der Waals surface area contributed by atoms with Crippen LogP contribution in [0.25, 0.3) is 0 Å². The van der Waals surface area contributed by atoms with Crippen LogP contribution in [0.5, 0.6) is 5.75 Å².